The second-order valence-electron chi connectivity index (χ2n) is 5.44. The zero-order valence-electron chi connectivity index (χ0n) is 12.1. The number of nitrogens with zero attached hydrogens (tertiary/aromatic N) is 1. The fraction of sp³-hybridized carbons (Fsp3) is 0.375. The third-order valence-electron chi connectivity index (χ3n) is 3.27. The predicted octanol–water partition coefficient (Wildman–Crippen LogP) is 3.03. The first-order valence-electron chi connectivity index (χ1n) is 6.98. The zero-order valence-corrected chi connectivity index (χ0v) is 12.9. The molecule has 1 heterocycles. The third kappa shape index (κ3) is 4.41. The Hall–Kier alpha value is -1.65. The minimum atomic E-state index is -0.353. The predicted molar refractivity (Wildman–Crippen MR) is 84.5 cm³/mol. The molecule has 1 amide bonds. The van der Waals surface area contributed by atoms with Crippen LogP contribution in [0.15, 0.2) is 30.3 Å². The summed E-state index contributed by atoms with van der Waals surface area (Å²) in [5, 5.41) is 13.5. The summed E-state index contributed by atoms with van der Waals surface area (Å²) in [5.74, 6) is 0.110. The van der Waals surface area contributed by atoms with Gasteiger partial charge in [-0.2, -0.15) is 0 Å². The van der Waals surface area contributed by atoms with Gasteiger partial charge in [-0.25, -0.2) is 4.98 Å². The molecule has 2 N–H and O–H groups in total. The molecule has 0 spiro atoms. The molecule has 0 saturated carbocycles. The molecule has 2 aromatic rings. The summed E-state index contributed by atoms with van der Waals surface area (Å²) in [6.45, 7) is 4.29. The zero-order chi connectivity index (χ0) is 15.4. The van der Waals surface area contributed by atoms with Crippen molar-refractivity contribution in [1.29, 1.82) is 0 Å². The number of aliphatic hydroxyl groups excluding tert-OH is 1. The molecule has 2 rings (SSSR count). The van der Waals surface area contributed by atoms with E-state index in [4.69, 9.17) is 11.6 Å². The van der Waals surface area contributed by atoms with Crippen molar-refractivity contribution in [2.45, 2.75) is 26.4 Å². The minimum Gasteiger partial charge on any atom is -0.393 e. The lowest BCUT2D eigenvalue weighted by Crippen LogP contribution is -2.29. The third-order valence-corrected chi connectivity index (χ3v) is 3.48. The Morgan fingerprint density at radius 1 is 1.33 bits per heavy atom. The van der Waals surface area contributed by atoms with Gasteiger partial charge in [0.2, 0.25) is 0 Å². The largest absolute Gasteiger partial charge is 0.393 e. The van der Waals surface area contributed by atoms with Crippen LogP contribution in [0.5, 0.6) is 0 Å². The average molecular weight is 307 g/mol. The molecule has 0 saturated heterocycles. The van der Waals surface area contributed by atoms with Crippen molar-refractivity contribution < 1.29 is 9.90 Å². The number of pyridine rings is 1. The quantitative estimate of drug-likeness (QED) is 0.835. The number of hydrogen-bond acceptors (Lipinski definition) is 3. The number of benzene rings is 1. The van der Waals surface area contributed by atoms with Crippen molar-refractivity contribution in [2.24, 2.45) is 5.92 Å². The Morgan fingerprint density at radius 3 is 2.81 bits per heavy atom. The van der Waals surface area contributed by atoms with Crippen LogP contribution in [0, 0.1) is 5.92 Å². The summed E-state index contributed by atoms with van der Waals surface area (Å²) in [7, 11) is 0. The first-order chi connectivity index (χ1) is 9.95. The van der Waals surface area contributed by atoms with Crippen LogP contribution in [0.3, 0.4) is 0 Å². The lowest BCUT2D eigenvalue weighted by molar-refractivity contribution is 0.0939. The number of nitrogens with one attached hydrogen (secondary N) is 1. The molecule has 0 unspecified atom stereocenters. The van der Waals surface area contributed by atoms with E-state index >= 15 is 0 Å². The van der Waals surface area contributed by atoms with Crippen molar-refractivity contribution >= 4 is 28.4 Å². The van der Waals surface area contributed by atoms with Crippen molar-refractivity contribution in [3.05, 3.63) is 41.0 Å². The van der Waals surface area contributed by atoms with E-state index in [1.54, 1.807) is 31.2 Å². The van der Waals surface area contributed by atoms with Crippen molar-refractivity contribution in [1.82, 2.24) is 10.3 Å². The highest BCUT2D eigenvalue weighted by Gasteiger charge is 2.10. The summed E-state index contributed by atoms with van der Waals surface area (Å²) >= 11 is 5.84. The number of carbonyl (C=O) groups excluding carboxylic acids is 1. The van der Waals surface area contributed by atoms with Crippen LogP contribution in [-0.2, 0) is 0 Å². The van der Waals surface area contributed by atoms with Gasteiger partial charge in [0.05, 0.1) is 11.6 Å². The van der Waals surface area contributed by atoms with Crippen LogP contribution >= 0.6 is 11.6 Å². The standard InChI is InChI=1S/C16H19ClN2O2/c1-10(7-11(2)20)9-18-16(21)13-3-5-14-12(8-13)4-6-15(17)19-14/h3-6,8,10-11,20H,7,9H2,1-2H3,(H,18,21)/t10-,11-/m1/s1. The highest BCUT2D eigenvalue weighted by Crippen LogP contribution is 2.17. The topological polar surface area (TPSA) is 62.2 Å². The normalized spacial score (nSPS) is 13.9. The number of amides is 1. The molecule has 1 aromatic heterocycles. The number of fused-ring (bicyclic) bond motifs is 1. The monoisotopic (exact) mass is 306 g/mol. The molecule has 1 aromatic carbocycles. The number of hydrogen-bond donors (Lipinski definition) is 2. The van der Waals surface area contributed by atoms with Gasteiger partial charge in [-0.05, 0) is 49.6 Å². The van der Waals surface area contributed by atoms with Crippen LogP contribution < -0.4 is 5.32 Å². The molecule has 0 aliphatic rings. The Labute approximate surface area is 129 Å². The molecule has 5 heteroatoms. The molecule has 0 radical (unpaired) electrons. The van der Waals surface area contributed by atoms with Crippen molar-refractivity contribution in [3.63, 3.8) is 0 Å². The van der Waals surface area contributed by atoms with Gasteiger partial charge in [0, 0.05) is 17.5 Å². The lowest BCUT2D eigenvalue weighted by atomic mass is 10.0. The maximum absolute atomic E-state index is 12.1. The molecule has 0 bridgehead atoms. The van der Waals surface area contributed by atoms with E-state index in [0.29, 0.717) is 23.7 Å². The highest BCUT2D eigenvalue weighted by molar-refractivity contribution is 6.29. The molecule has 112 valence electrons. The maximum atomic E-state index is 12.1. The number of carbonyl (C=O) groups is 1. The SMILES string of the molecule is C[C@@H](CNC(=O)c1ccc2nc(Cl)ccc2c1)C[C@@H](C)O. The molecule has 0 aliphatic heterocycles. The Kier molecular flexibility index (Phi) is 5.15. The summed E-state index contributed by atoms with van der Waals surface area (Å²) in [6, 6.07) is 8.87. The van der Waals surface area contributed by atoms with Crippen LogP contribution in [-0.4, -0.2) is 28.6 Å². The van der Waals surface area contributed by atoms with Gasteiger partial charge in [-0.15, -0.1) is 0 Å². The summed E-state index contributed by atoms with van der Waals surface area (Å²) in [6.07, 6.45) is 0.314. The summed E-state index contributed by atoms with van der Waals surface area (Å²) in [4.78, 5) is 16.3. The number of aliphatic hydroxyl groups is 1. The number of halogens is 1. The van der Waals surface area contributed by atoms with Gasteiger partial charge in [-0.1, -0.05) is 18.5 Å². The minimum absolute atomic E-state index is 0.121. The second kappa shape index (κ2) is 6.87. The fourth-order valence-corrected chi connectivity index (χ4v) is 2.43. The smallest absolute Gasteiger partial charge is 0.251 e. The number of aromatic nitrogens is 1. The van der Waals surface area contributed by atoms with Crippen LogP contribution in [0.1, 0.15) is 30.6 Å². The van der Waals surface area contributed by atoms with Gasteiger partial charge in [0.1, 0.15) is 5.15 Å². The first kappa shape index (κ1) is 15.7. The Balaban J connectivity index is 2.04. The molecule has 0 aliphatic carbocycles. The van der Waals surface area contributed by atoms with Crippen molar-refractivity contribution in [2.75, 3.05) is 6.54 Å². The molecular weight excluding hydrogens is 288 g/mol. The van der Waals surface area contributed by atoms with E-state index in [1.165, 1.54) is 0 Å². The van der Waals surface area contributed by atoms with Gasteiger partial charge in [0.15, 0.2) is 0 Å². The van der Waals surface area contributed by atoms with Gasteiger partial charge < -0.3 is 10.4 Å². The van der Waals surface area contributed by atoms with E-state index in [1.807, 2.05) is 13.0 Å². The highest BCUT2D eigenvalue weighted by atomic mass is 35.5. The van der Waals surface area contributed by atoms with Crippen LogP contribution in [0.25, 0.3) is 10.9 Å². The lowest BCUT2D eigenvalue weighted by Gasteiger charge is -2.14. The molecule has 0 fully saturated rings. The molecule has 4 nitrogen and oxygen atoms in total. The van der Waals surface area contributed by atoms with E-state index < -0.39 is 0 Å². The van der Waals surface area contributed by atoms with E-state index in [0.717, 1.165) is 10.9 Å². The molecular formula is C16H19ClN2O2. The van der Waals surface area contributed by atoms with Crippen LogP contribution in [0.2, 0.25) is 5.15 Å². The van der Waals surface area contributed by atoms with Crippen molar-refractivity contribution in [3.8, 4) is 0 Å². The fourth-order valence-electron chi connectivity index (χ4n) is 2.28. The molecule has 2 atom stereocenters. The van der Waals surface area contributed by atoms with E-state index in [9.17, 15) is 9.90 Å². The van der Waals surface area contributed by atoms with Gasteiger partial charge in [-0.3, -0.25) is 4.79 Å². The average Bonchev–Trinajstić information content (AvgIpc) is 2.43. The van der Waals surface area contributed by atoms with E-state index in [2.05, 4.69) is 10.3 Å². The Morgan fingerprint density at radius 2 is 2.10 bits per heavy atom. The summed E-state index contributed by atoms with van der Waals surface area (Å²) in [5.41, 5.74) is 1.36. The summed E-state index contributed by atoms with van der Waals surface area (Å²) < 4.78 is 0. The first-order valence-corrected chi connectivity index (χ1v) is 7.36. The molecule has 21 heavy (non-hydrogen) atoms. The maximum Gasteiger partial charge on any atom is 0.251 e. The van der Waals surface area contributed by atoms with Gasteiger partial charge >= 0.3 is 0 Å². The number of rotatable bonds is 5. The van der Waals surface area contributed by atoms with E-state index in [-0.39, 0.29) is 17.9 Å². The van der Waals surface area contributed by atoms with Gasteiger partial charge in [0.25, 0.3) is 5.91 Å². The Bertz CT molecular complexity index is 643. The van der Waals surface area contributed by atoms with Crippen LogP contribution in [0.4, 0.5) is 0 Å². The second-order valence-corrected chi connectivity index (χ2v) is 5.83.